The van der Waals surface area contributed by atoms with Crippen molar-refractivity contribution in [2.24, 2.45) is 4.99 Å². The van der Waals surface area contributed by atoms with Crippen molar-refractivity contribution in [3.63, 3.8) is 0 Å². The Morgan fingerprint density at radius 2 is 2.00 bits per heavy atom. The zero-order chi connectivity index (χ0) is 20.4. The number of rotatable bonds is 5. The molecule has 2 heterocycles. The summed E-state index contributed by atoms with van der Waals surface area (Å²) in [7, 11) is 0. The number of benzene rings is 2. The van der Waals surface area contributed by atoms with Crippen molar-refractivity contribution in [3.05, 3.63) is 65.3 Å². The summed E-state index contributed by atoms with van der Waals surface area (Å²) in [6, 6.07) is 14.7. The minimum absolute atomic E-state index is 0.0537. The fraction of sp³-hybridized carbons (Fsp3) is 0.190. The van der Waals surface area contributed by atoms with Crippen molar-refractivity contribution in [2.45, 2.75) is 18.9 Å². The monoisotopic (exact) mass is 410 g/mol. The first-order chi connectivity index (χ1) is 14.0. The summed E-state index contributed by atoms with van der Waals surface area (Å²) in [6.07, 6.45) is 1.17. The van der Waals surface area contributed by atoms with Crippen molar-refractivity contribution in [3.8, 4) is 0 Å². The molecule has 2 atom stereocenters. The molecule has 8 heteroatoms. The summed E-state index contributed by atoms with van der Waals surface area (Å²) in [5.74, 6) is -0.799. The maximum absolute atomic E-state index is 12.4. The van der Waals surface area contributed by atoms with Crippen LogP contribution in [-0.2, 0) is 14.3 Å². The van der Waals surface area contributed by atoms with E-state index in [1.54, 1.807) is 24.3 Å². The van der Waals surface area contributed by atoms with Crippen LogP contribution in [0.15, 0.2) is 59.7 Å². The lowest BCUT2D eigenvalue weighted by molar-refractivity contribution is -0.124. The number of carbonyl (C=O) groups is 2. The Kier molecular flexibility index (Phi) is 5.22. The second-order valence-corrected chi connectivity index (χ2v) is 7.22. The predicted molar refractivity (Wildman–Crippen MR) is 112 cm³/mol. The van der Waals surface area contributed by atoms with Gasteiger partial charge in [-0.1, -0.05) is 36.7 Å². The van der Waals surface area contributed by atoms with Gasteiger partial charge in [0, 0.05) is 33.7 Å². The lowest BCUT2D eigenvalue weighted by Crippen LogP contribution is -2.28. The largest absolute Gasteiger partial charge is 0.451 e. The molecule has 4 rings (SSSR count). The van der Waals surface area contributed by atoms with E-state index >= 15 is 0 Å². The number of H-pyrrole nitrogens is 1. The average Bonchev–Trinajstić information content (AvgIpc) is 3.31. The van der Waals surface area contributed by atoms with E-state index < -0.39 is 6.10 Å². The molecular weight excluding hydrogens is 392 g/mol. The Morgan fingerprint density at radius 3 is 2.79 bits per heavy atom. The number of fused-ring (bicyclic) bond motifs is 1. The van der Waals surface area contributed by atoms with E-state index in [2.05, 4.69) is 20.6 Å². The average molecular weight is 411 g/mol. The molecule has 0 bridgehead atoms. The molecule has 0 saturated carbocycles. The van der Waals surface area contributed by atoms with Crippen molar-refractivity contribution in [1.29, 1.82) is 0 Å². The molecule has 2 aromatic carbocycles. The highest BCUT2D eigenvalue weighted by atomic mass is 35.5. The Balaban J connectivity index is 1.40. The van der Waals surface area contributed by atoms with Crippen LogP contribution in [0, 0.1) is 0 Å². The molecule has 1 aliphatic heterocycles. The van der Waals surface area contributed by atoms with Gasteiger partial charge in [-0.2, -0.15) is 0 Å². The van der Waals surface area contributed by atoms with Gasteiger partial charge in [0.05, 0.1) is 0 Å². The first kappa shape index (κ1) is 19.0. The highest BCUT2D eigenvalue weighted by Gasteiger charge is 2.37. The number of nitrogens with zero attached hydrogens (tertiary/aromatic N) is 1. The number of ether oxygens (including phenoxy) is 1. The third kappa shape index (κ3) is 4.09. The van der Waals surface area contributed by atoms with Gasteiger partial charge in [0.2, 0.25) is 5.91 Å². The van der Waals surface area contributed by atoms with E-state index in [-0.39, 0.29) is 30.3 Å². The Labute approximate surface area is 172 Å². The van der Waals surface area contributed by atoms with Crippen LogP contribution in [0.5, 0.6) is 0 Å². The van der Waals surface area contributed by atoms with Gasteiger partial charge in [0.1, 0.15) is 6.54 Å². The molecule has 29 heavy (non-hydrogen) atoms. The number of hydrogen-bond acceptors (Lipinski definition) is 4. The molecule has 3 N–H and O–H groups in total. The maximum atomic E-state index is 12.4. The number of para-hydroxylation sites is 1. The van der Waals surface area contributed by atoms with Crippen LogP contribution in [0.2, 0.25) is 5.02 Å². The van der Waals surface area contributed by atoms with Crippen LogP contribution < -0.4 is 10.6 Å². The first-order valence-electron chi connectivity index (χ1n) is 9.14. The smallest absolute Gasteiger partial charge is 0.292 e. The summed E-state index contributed by atoms with van der Waals surface area (Å²) in [5.41, 5.74) is 2.60. The molecule has 1 saturated heterocycles. The third-order valence-corrected chi connectivity index (χ3v) is 5.04. The van der Waals surface area contributed by atoms with Crippen molar-refractivity contribution in [1.82, 2.24) is 10.3 Å². The second-order valence-electron chi connectivity index (χ2n) is 6.78. The number of anilines is 1. The molecular formula is C21H19ClN4O3. The lowest BCUT2D eigenvalue weighted by atomic mass is 9.94. The Bertz CT molecular complexity index is 1090. The molecule has 2 amide bonds. The fourth-order valence-corrected chi connectivity index (χ4v) is 3.42. The molecule has 1 aromatic heterocycles. The number of nitrogens with one attached hydrogen (secondary N) is 3. The molecule has 1 fully saturated rings. The number of amides is 2. The number of aromatic amines is 1. The number of carbonyl (C=O) groups excluding carboxylic acids is 2. The van der Waals surface area contributed by atoms with Crippen molar-refractivity contribution in [2.75, 3.05) is 11.9 Å². The highest BCUT2D eigenvalue weighted by Crippen LogP contribution is 2.30. The number of amidine groups is 1. The van der Waals surface area contributed by atoms with Crippen LogP contribution >= 0.6 is 11.6 Å². The lowest BCUT2D eigenvalue weighted by Gasteiger charge is -2.15. The SMILES string of the molecule is C[C@H](c1c[nH]c2ccccc12)[C@@H]1OC(=NCC(=O)Nc2ccc(Cl)cc2)NC1=O. The summed E-state index contributed by atoms with van der Waals surface area (Å²) in [6.45, 7) is 1.75. The predicted octanol–water partition coefficient (Wildman–Crippen LogP) is 3.43. The van der Waals surface area contributed by atoms with Crippen LogP contribution in [0.1, 0.15) is 18.4 Å². The summed E-state index contributed by atoms with van der Waals surface area (Å²) < 4.78 is 5.70. The minimum Gasteiger partial charge on any atom is -0.451 e. The van der Waals surface area contributed by atoms with Gasteiger partial charge >= 0.3 is 0 Å². The summed E-state index contributed by atoms with van der Waals surface area (Å²) in [4.78, 5) is 31.7. The van der Waals surface area contributed by atoms with Crippen LogP contribution in [0.25, 0.3) is 10.9 Å². The molecule has 7 nitrogen and oxygen atoms in total. The van der Waals surface area contributed by atoms with E-state index in [1.165, 1.54) is 0 Å². The second kappa shape index (κ2) is 7.97. The normalized spacial score (nSPS) is 18.5. The van der Waals surface area contributed by atoms with Gasteiger partial charge in [0.25, 0.3) is 11.9 Å². The van der Waals surface area contributed by atoms with E-state index in [1.807, 2.05) is 37.4 Å². The zero-order valence-corrected chi connectivity index (χ0v) is 16.4. The third-order valence-electron chi connectivity index (χ3n) is 4.79. The van der Waals surface area contributed by atoms with Gasteiger partial charge < -0.3 is 15.0 Å². The number of aromatic nitrogens is 1. The maximum Gasteiger partial charge on any atom is 0.292 e. The number of halogens is 1. The van der Waals surface area contributed by atoms with E-state index in [4.69, 9.17) is 16.3 Å². The summed E-state index contributed by atoms with van der Waals surface area (Å²) >= 11 is 5.82. The minimum atomic E-state index is -0.715. The van der Waals surface area contributed by atoms with Gasteiger partial charge in [-0.3, -0.25) is 14.9 Å². The van der Waals surface area contributed by atoms with Gasteiger partial charge in [-0.15, -0.1) is 0 Å². The van der Waals surface area contributed by atoms with E-state index in [0.29, 0.717) is 10.7 Å². The van der Waals surface area contributed by atoms with Gasteiger partial charge in [-0.05, 0) is 35.9 Å². The molecule has 1 aliphatic rings. The van der Waals surface area contributed by atoms with Crippen LogP contribution in [0.4, 0.5) is 5.69 Å². The highest BCUT2D eigenvalue weighted by molar-refractivity contribution is 6.30. The number of hydrogen-bond donors (Lipinski definition) is 3. The molecule has 0 aliphatic carbocycles. The molecule has 3 aromatic rings. The van der Waals surface area contributed by atoms with E-state index in [9.17, 15) is 9.59 Å². The number of aliphatic imine (C=N–C) groups is 1. The van der Waals surface area contributed by atoms with Crippen LogP contribution in [0.3, 0.4) is 0 Å². The zero-order valence-electron chi connectivity index (χ0n) is 15.6. The quantitative estimate of drug-likeness (QED) is 0.601. The van der Waals surface area contributed by atoms with Crippen molar-refractivity contribution < 1.29 is 14.3 Å². The van der Waals surface area contributed by atoms with Gasteiger partial charge in [0.15, 0.2) is 6.10 Å². The van der Waals surface area contributed by atoms with E-state index in [0.717, 1.165) is 16.5 Å². The molecule has 0 radical (unpaired) electrons. The molecule has 0 spiro atoms. The van der Waals surface area contributed by atoms with Crippen LogP contribution in [-0.4, -0.2) is 35.5 Å². The Morgan fingerprint density at radius 1 is 1.24 bits per heavy atom. The van der Waals surface area contributed by atoms with Gasteiger partial charge in [-0.25, -0.2) is 4.99 Å². The molecule has 148 valence electrons. The fourth-order valence-electron chi connectivity index (χ4n) is 3.30. The Hall–Kier alpha value is -3.32. The summed E-state index contributed by atoms with van der Waals surface area (Å²) in [5, 5.41) is 6.94. The molecule has 0 unspecified atom stereocenters. The topological polar surface area (TPSA) is 95.6 Å². The standard InChI is InChI=1S/C21H19ClN4O3/c1-12(16-10-23-17-5-3-2-4-15(16)17)19-20(28)26-21(29-19)24-11-18(27)25-14-8-6-13(22)7-9-14/h2-10,12,19,23H,11H2,1H3,(H,25,27)(H,24,26,28)/t12-,19+/m1/s1. The first-order valence-corrected chi connectivity index (χ1v) is 9.52. The van der Waals surface area contributed by atoms with Crippen molar-refractivity contribution >= 4 is 46.0 Å².